The summed E-state index contributed by atoms with van der Waals surface area (Å²) in [6, 6.07) is 13.0. The van der Waals surface area contributed by atoms with Crippen molar-refractivity contribution in [1.29, 1.82) is 0 Å². The number of hydrogen-bond acceptors (Lipinski definition) is 5. The van der Waals surface area contributed by atoms with Gasteiger partial charge in [-0.15, -0.1) is 0 Å². The van der Waals surface area contributed by atoms with E-state index in [1.165, 1.54) is 23.9 Å². The van der Waals surface area contributed by atoms with E-state index in [4.69, 9.17) is 0 Å². The van der Waals surface area contributed by atoms with Crippen LogP contribution >= 0.6 is 11.8 Å². The molecule has 0 radical (unpaired) electrons. The Morgan fingerprint density at radius 2 is 1.45 bits per heavy atom. The maximum absolute atomic E-state index is 12.6. The lowest BCUT2D eigenvalue weighted by molar-refractivity contribution is -0.137. The standard InChI is InChI=1S/C23H21F3N4O2S/c1-14-11-15(2)28-22(27-14)33-13-17-3-7-18(8-4-17)21(32)30-29-20(31)12-16-5-9-19(10-6-16)23(24,25)26/h3-11H,12-13H2,1-2H3,(H,29,31)(H,30,32). The van der Waals surface area contributed by atoms with Crippen LogP contribution < -0.4 is 10.9 Å². The minimum Gasteiger partial charge on any atom is -0.273 e. The molecule has 0 aliphatic heterocycles. The van der Waals surface area contributed by atoms with Gasteiger partial charge in [-0.3, -0.25) is 20.4 Å². The Morgan fingerprint density at radius 3 is 2.03 bits per heavy atom. The number of thioether (sulfide) groups is 1. The smallest absolute Gasteiger partial charge is 0.273 e. The van der Waals surface area contributed by atoms with Crippen molar-refractivity contribution in [2.24, 2.45) is 0 Å². The molecule has 0 fully saturated rings. The predicted molar refractivity (Wildman–Crippen MR) is 118 cm³/mol. The van der Waals surface area contributed by atoms with Gasteiger partial charge in [0, 0.05) is 22.7 Å². The van der Waals surface area contributed by atoms with Gasteiger partial charge in [0.05, 0.1) is 12.0 Å². The lowest BCUT2D eigenvalue weighted by atomic mass is 10.1. The molecule has 2 amide bonds. The molecule has 0 saturated carbocycles. The summed E-state index contributed by atoms with van der Waals surface area (Å²) in [6.45, 7) is 3.82. The number of nitrogens with zero attached hydrogens (tertiary/aromatic N) is 2. The van der Waals surface area contributed by atoms with Gasteiger partial charge in [0.2, 0.25) is 5.91 Å². The summed E-state index contributed by atoms with van der Waals surface area (Å²) in [7, 11) is 0. The van der Waals surface area contributed by atoms with Gasteiger partial charge in [-0.1, -0.05) is 36.0 Å². The summed E-state index contributed by atoms with van der Waals surface area (Å²) in [6.07, 6.45) is -4.61. The molecule has 0 atom stereocenters. The third kappa shape index (κ3) is 7.31. The Labute approximate surface area is 193 Å². The van der Waals surface area contributed by atoms with E-state index < -0.39 is 23.6 Å². The number of amides is 2. The Balaban J connectivity index is 1.47. The van der Waals surface area contributed by atoms with Gasteiger partial charge >= 0.3 is 6.18 Å². The maximum Gasteiger partial charge on any atom is 0.416 e. The largest absolute Gasteiger partial charge is 0.416 e. The van der Waals surface area contributed by atoms with E-state index in [-0.39, 0.29) is 6.42 Å². The highest BCUT2D eigenvalue weighted by atomic mass is 32.2. The first-order valence-corrected chi connectivity index (χ1v) is 10.9. The number of aromatic nitrogens is 2. The topological polar surface area (TPSA) is 84.0 Å². The molecule has 0 saturated heterocycles. The minimum atomic E-state index is -4.43. The molecule has 2 aromatic carbocycles. The number of alkyl halides is 3. The molecule has 0 spiro atoms. The molecular weight excluding hydrogens is 453 g/mol. The molecule has 0 aliphatic rings. The fourth-order valence-corrected chi connectivity index (χ4v) is 3.80. The highest BCUT2D eigenvalue weighted by Crippen LogP contribution is 2.29. The van der Waals surface area contributed by atoms with Crippen molar-refractivity contribution in [3.05, 3.63) is 88.2 Å². The van der Waals surface area contributed by atoms with E-state index in [1.807, 2.05) is 19.9 Å². The van der Waals surface area contributed by atoms with Crippen LogP contribution in [-0.2, 0) is 23.1 Å². The normalized spacial score (nSPS) is 11.2. The molecule has 33 heavy (non-hydrogen) atoms. The van der Waals surface area contributed by atoms with Gasteiger partial charge in [-0.25, -0.2) is 9.97 Å². The van der Waals surface area contributed by atoms with E-state index in [9.17, 15) is 22.8 Å². The number of hydrogen-bond donors (Lipinski definition) is 2. The van der Waals surface area contributed by atoms with Crippen LogP contribution in [0.3, 0.4) is 0 Å². The minimum absolute atomic E-state index is 0.172. The first-order chi connectivity index (χ1) is 15.6. The number of carbonyl (C=O) groups excluding carboxylic acids is 2. The number of benzene rings is 2. The zero-order valence-electron chi connectivity index (χ0n) is 17.9. The molecule has 1 aromatic heterocycles. The van der Waals surface area contributed by atoms with Crippen LogP contribution in [0.5, 0.6) is 0 Å². The first kappa shape index (κ1) is 24.2. The first-order valence-electron chi connectivity index (χ1n) is 9.89. The fourth-order valence-electron chi connectivity index (χ4n) is 2.90. The second-order valence-electron chi connectivity index (χ2n) is 7.29. The molecule has 0 bridgehead atoms. The number of halogens is 3. The summed E-state index contributed by atoms with van der Waals surface area (Å²) in [4.78, 5) is 33.0. The highest BCUT2D eigenvalue weighted by Gasteiger charge is 2.29. The average Bonchev–Trinajstić information content (AvgIpc) is 2.75. The van der Waals surface area contributed by atoms with Crippen LogP contribution in [0, 0.1) is 13.8 Å². The monoisotopic (exact) mass is 474 g/mol. The number of rotatable bonds is 6. The molecule has 0 unspecified atom stereocenters. The number of nitrogens with one attached hydrogen (secondary N) is 2. The Bertz CT molecular complexity index is 1110. The van der Waals surface area contributed by atoms with E-state index in [1.54, 1.807) is 24.3 Å². The van der Waals surface area contributed by atoms with E-state index in [0.29, 0.717) is 22.0 Å². The molecule has 0 aliphatic carbocycles. The summed E-state index contributed by atoms with van der Waals surface area (Å²) in [5.41, 5.74) is 7.30. The zero-order chi connectivity index (χ0) is 24.0. The van der Waals surface area contributed by atoms with Gasteiger partial charge in [0.15, 0.2) is 5.16 Å². The second kappa shape index (κ2) is 10.5. The van der Waals surface area contributed by atoms with Crippen molar-refractivity contribution in [2.75, 3.05) is 0 Å². The maximum atomic E-state index is 12.6. The molecule has 2 N–H and O–H groups in total. The van der Waals surface area contributed by atoms with Crippen molar-refractivity contribution in [3.8, 4) is 0 Å². The van der Waals surface area contributed by atoms with E-state index in [2.05, 4.69) is 20.8 Å². The van der Waals surface area contributed by atoms with Crippen LogP contribution in [0.15, 0.2) is 59.8 Å². The third-order valence-electron chi connectivity index (χ3n) is 4.51. The number of hydrazine groups is 1. The molecule has 172 valence electrons. The molecule has 3 aromatic rings. The summed E-state index contributed by atoms with van der Waals surface area (Å²) in [5, 5.41) is 0.685. The molecule has 1 heterocycles. The number of carbonyl (C=O) groups is 2. The van der Waals surface area contributed by atoms with Crippen molar-refractivity contribution in [2.45, 2.75) is 37.4 Å². The van der Waals surface area contributed by atoms with E-state index in [0.717, 1.165) is 29.1 Å². The van der Waals surface area contributed by atoms with Gasteiger partial charge in [-0.05, 0) is 55.3 Å². The number of aryl methyl sites for hydroxylation is 2. The predicted octanol–water partition coefficient (Wildman–Crippen LogP) is 4.41. The summed E-state index contributed by atoms with van der Waals surface area (Å²) in [5.74, 6) is -0.425. The van der Waals surface area contributed by atoms with Crippen LogP contribution in [0.2, 0.25) is 0 Å². The van der Waals surface area contributed by atoms with Crippen molar-refractivity contribution in [3.63, 3.8) is 0 Å². The van der Waals surface area contributed by atoms with Crippen molar-refractivity contribution >= 4 is 23.6 Å². The van der Waals surface area contributed by atoms with Crippen molar-refractivity contribution < 1.29 is 22.8 Å². The zero-order valence-corrected chi connectivity index (χ0v) is 18.7. The van der Waals surface area contributed by atoms with Crippen LogP contribution in [-0.4, -0.2) is 21.8 Å². The van der Waals surface area contributed by atoms with Gasteiger partial charge in [0.25, 0.3) is 5.91 Å². The summed E-state index contributed by atoms with van der Waals surface area (Å²) >= 11 is 1.49. The van der Waals surface area contributed by atoms with Crippen LogP contribution in [0.25, 0.3) is 0 Å². The average molecular weight is 475 g/mol. The fraction of sp³-hybridized carbons (Fsp3) is 0.217. The van der Waals surface area contributed by atoms with Gasteiger partial charge in [-0.2, -0.15) is 13.2 Å². The Kier molecular flexibility index (Phi) is 7.70. The summed E-state index contributed by atoms with van der Waals surface area (Å²) < 4.78 is 37.8. The molecular formula is C23H21F3N4O2S. The van der Waals surface area contributed by atoms with Crippen LogP contribution in [0.1, 0.15) is 38.4 Å². The third-order valence-corrected chi connectivity index (χ3v) is 5.43. The highest BCUT2D eigenvalue weighted by molar-refractivity contribution is 7.98. The SMILES string of the molecule is Cc1cc(C)nc(SCc2ccc(C(=O)NNC(=O)Cc3ccc(C(F)(F)F)cc3)cc2)n1. The molecule has 3 rings (SSSR count). The van der Waals surface area contributed by atoms with E-state index >= 15 is 0 Å². The molecule has 10 heteroatoms. The van der Waals surface area contributed by atoms with Crippen molar-refractivity contribution in [1.82, 2.24) is 20.8 Å². The Hall–Kier alpha value is -3.40. The van der Waals surface area contributed by atoms with Gasteiger partial charge < -0.3 is 0 Å². The second-order valence-corrected chi connectivity index (χ2v) is 8.24. The van der Waals surface area contributed by atoms with Crippen LogP contribution in [0.4, 0.5) is 13.2 Å². The lowest BCUT2D eigenvalue weighted by Gasteiger charge is -2.09. The van der Waals surface area contributed by atoms with Gasteiger partial charge in [0.1, 0.15) is 0 Å². The Morgan fingerprint density at radius 1 is 0.879 bits per heavy atom. The quantitative estimate of drug-likeness (QED) is 0.314. The lowest BCUT2D eigenvalue weighted by Crippen LogP contribution is -2.42. The molecule has 6 nitrogen and oxygen atoms in total.